The largest absolute Gasteiger partial charge is 0.316 e. The van der Waals surface area contributed by atoms with Crippen molar-refractivity contribution in [2.24, 2.45) is 0 Å². The third-order valence-corrected chi connectivity index (χ3v) is 5.42. The van der Waals surface area contributed by atoms with Crippen LogP contribution >= 0.6 is 34.5 Å². The molecule has 3 nitrogen and oxygen atoms in total. The number of benzene rings is 1. The quantitative estimate of drug-likeness (QED) is 0.657. The molecule has 0 spiro atoms. The molecule has 3 rings (SSSR count). The van der Waals surface area contributed by atoms with E-state index in [0.717, 1.165) is 24.8 Å². The van der Waals surface area contributed by atoms with Crippen molar-refractivity contribution in [3.8, 4) is 0 Å². The number of carbonyl (C=O) groups excluding carboxylic acids is 2. The first kappa shape index (κ1) is 15.5. The Morgan fingerprint density at radius 3 is 2.73 bits per heavy atom. The van der Waals surface area contributed by atoms with Crippen LogP contribution in [0.15, 0.2) is 24.3 Å². The zero-order chi connectivity index (χ0) is 15.7. The van der Waals surface area contributed by atoms with Gasteiger partial charge in [-0.2, -0.15) is 0 Å². The highest BCUT2D eigenvalue weighted by molar-refractivity contribution is 7.17. The maximum atomic E-state index is 12.9. The number of nitrogens with one attached hydrogen (secondary N) is 1. The molecule has 114 valence electrons. The van der Waals surface area contributed by atoms with Crippen molar-refractivity contribution in [1.82, 2.24) is 0 Å². The first-order valence-corrected chi connectivity index (χ1v) is 8.64. The summed E-state index contributed by atoms with van der Waals surface area (Å²) in [4.78, 5) is 25.7. The van der Waals surface area contributed by atoms with E-state index in [4.69, 9.17) is 23.2 Å². The normalized spacial score (nSPS) is 13.0. The van der Waals surface area contributed by atoms with E-state index >= 15 is 0 Å². The minimum atomic E-state index is -0.310. The van der Waals surface area contributed by atoms with E-state index in [1.54, 1.807) is 24.3 Å². The molecule has 1 aromatic carbocycles. The van der Waals surface area contributed by atoms with Crippen LogP contribution in [0.4, 0.5) is 5.00 Å². The van der Waals surface area contributed by atoms with Gasteiger partial charge in [-0.25, -0.2) is 0 Å². The monoisotopic (exact) mass is 353 g/mol. The molecule has 1 aromatic heterocycles. The Labute approximate surface area is 142 Å². The van der Waals surface area contributed by atoms with Crippen molar-refractivity contribution in [2.45, 2.75) is 19.3 Å². The zero-order valence-corrected chi connectivity index (χ0v) is 13.9. The molecule has 0 radical (unpaired) electrons. The molecule has 0 saturated carbocycles. The van der Waals surface area contributed by atoms with Crippen LogP contribution in [-0.4, -0.2) is 17.6 Å². The van der Waals surface area contributed by atoms with E-state index in [9.17, 15) is 9.59 Å². The molecule has 0 bridgehead atoms. The topological polar surface area (TPSA) is 46.2 Å². The highest BCUT2D eigenvalue weighted by Gasteiger charge is 2.28. The minimum Gasteiger partial charge on any atom is -0.316 e. The molecular weight excluding hydrogens is 341 g/mol. The fourth-order valence-corrected chi connectivity index (χ4v) is 4.26. The summed E-state index contributed by atoms with van der Waals surface area (Å²) in [5.41, 5.74) is 2.07. The van der Waals surface area contributed by atoms with Crippen LogP contribution in [0.3, 0.4) is 0 Å². The van der Waals surface area contributed by atoms with Gasteiger partial charge in [0, 0.05) is 10.4 Å². The summed E-state index contributed by atoms with van der Waals surface area (Å²) in [6.45, 7) is 0. The molecule has 0 unspecified atom stereocenters. The van der Waals surface area contributed by atoms with Crippen LogP contribution < -0.4 is 5.32 Å². The first-order valence-electron chi connectivity index (χ1n) is 6.91. The van der Waals surface area contributed by atoms with Gasteiger partial charge in [0.05, 0.1) is 10.6 Å². The van der Waals surface area contributed by atoms with E-state index in [-0.39, 0.29) is 17.6 Å². The zero-order valence-electron chi connectivity index (χ0n) is 11.6. The lowest BCUT2D eigenvalue weighted by molar-refractivity contribution is -0.113. The molecule has 22 heavy (non-hydrogen) atoms. The Bertz CT molecular complexity index is 755. The summed E-state index contributed by atoms with van der Waals surface area (Å²) in [5.74, 6) is -0.591. The first-order chi connectivity index (χ1) is 10.6. The van der Waals surface area contributed by atoms with E-state index in [2.05, 4.69) is 5.32 Å². The van der Waals surface area contributed by atoms with Crippen LogP contribution in [0.5, 0.6) is 0 Å². The van der Waals surface area contributed by atoms with Crippen LogP contribution in [-0.2, 0) is 17.6 Å². The van der Waals surface area contributed by atoms with Crippen molar-refractivity contribution < 1.29 is 9.59 Å². The maximum Gasteiger partial charge on any atom is 0.239 e. The summed E-state index contributed by atoms with van der Waals surface area (Å²) in [7, 11) is 0. The van der Waals surface area contributed by atoms with Gasteiger partial charge in [-0.3, -0.25) is 9.59 Å². The van der Waals surface area contributed by atoms with E-state index < -0.39 is 0 Å². The number of aryl methyl sites for hydroxylation is 1. The van der Waals surface area contributed by atoms with Crippen molar-refractivity contribution in [3.05, 3.63) is 50.9 Å². The predicted molar refractivity (Wildman–Crippen MR) is 90.6 cm³/mol. The number of carbonyl (C=O) groups is 2. The molecule has 0 aliphatic heterocycles. The van der Waals surface area contributed by atoms with Gasteiger partial charge in [0.1, 0.15) is 10.9 Å². The van der Waals surface area contributed by atoms with Crippen LogP contribution in [0.2, 0.25) is 5.02 Å². The average molecular weight is 354 g/mol. The number of hydrogen-bond donors (Lipinski definition) is 1. The number of fused-ring (bicyclic) bond motifs is 1. The summed E-state index contributed by atoms with van der Waals surface area (Å²) in [6.07, 6.45) is 2.83. The minimum absolute atomic E-state index is 0.137. The lowest BCUT2D eigenvalue weighted by atomic mass is 10.0. The summed E-state index contributed by atoms with van der Waals surface area (Å²) in [5, 5.41) is 3.74. The van der Waals surface area contributed by atoms with Gasteiger partial charge < -0.3 is 5.32 Å². The average Bonchev–Trinajstić information content (AvgIpc) is 3.07. The number of amides is 1. The molecule has 2 aromatic rings. The standard InChI is InChI=1S/C16H13Cl2NO2S/c17-8-13(20)19-16-14(10-5-3-7-12(10)22-16)15(21)9-4-1-2-6-11(9)18/h1-2,4,6H,3,5,7-8H2,(H,19,20). The van der Waals surface area contributed by atoms with Gasteiger partial charge in [-0.05, 0) is 37.0 Å². The molecule has 1 N–H and O–H groups in total. The number of ketones is 1. The number of halogens is 2. The molecule has 1 aliphatic carbocycles. The summed E-state index contributed by atoms with van der Waals surface area (Å²) < 4.78 is 0. The number of anilines is 1. The molecular formula is C16H13Cl2NO2S. The third-order valence-electron chi connectivity index (χ3n) is 3.64. The van der Waals surface area contributed by atoms with E-state index in [1.165, 1.54) is 16.2 Å². The molecule has 1 aliphatic rings. The number of thiophene rings is 1. The fraction of sp³-hybridized carbons (Fsp3) is 0.250. The lowest BCUT2D eigenvalue weighted by Crippen LogP contribution is -2.15. The molecule has 1 amide bonds. The summed E-state index contributed by atoms with van der Waals surface area (Å²) in [6, 6.07) is 6.96. The van der Waals surface area contributed by atoms with Crippen LogP contribution in [0, 0.1) is 0 Å². The highest BCUT2D eigenvalue weighted by atomic mass is 35.5. The second-order valence-electron chi connectivity index (χ2n) is 5.05. The predicted octanol–water partition coefficient (Wildman–Crippen LogP) is 4.30. The van der Waals surface area contributed by atoms with Crippen molar-refractivity contribution in [2.75, 3.05) is 11.2 Å². The fourth-order valence-electron chi connectivity index (χ4n) is 2.67. The smallest absolute Gasteiger partial charge is 0.239 e. The van der Waals surface area contributed by atoms with E-state index in [0.29, 0.717) is 21.2 Å². The third kappa shape index (κ3) is 2.78. The van der Waals surface area contributed by atoms with Gasteiger partial charge in [0.15, 0.2) is 5.78 Å². The van der Waals surface area contributed by atoms with E-state index in [1.807, 2.05) is 0 Å². The Balaban J connectivity index is 2.07. The van der Waals surface area contributed by atoms with Crippen molar-refractivity contribution in [1.29, 1.82) is 0 Å². The van der Waals surface area contributed by atoms with Gasteiger partial charge in [0.2, 0.25) is 5.91 Å². The van der Waals surface area contributed by atoms with Gasteiger partial charge >= 0.3 is 0 Å². The molecule has 0 saturated heterocycles. The highest BCUT2D eigenvalue weighted by Crippen LogP contribution is 2.40. The Hall–Kier alpha value is -1.36. The SMILES string of the molecule is O=C(CCl)Nc1sc2c(c1C(=O)c1ccccc1Cl)CCC2. The lowest BCUT2D eigenvalue weighted by Gasteiger charge is -2.08. The Kier molecular flexibility index (Phi) is 4.52. The Morgan fingerprint density at radius 2 is 2.00 bits per heavy atom. The van der Waals surface area contributed by atoms with Crippen LogP contribution in [0.25, 0.3) is 0 Å². The number of hydrogen-bond acceptors (Lipinski definition) is 3. The van der Waals surface area contributed by atoms with Gasteiger partial charge in [0.25, 0.3) is 0 Å². The second kappa shape index (κ2) is 6.41. The molecule has 1 heterocycles. The molecule has 0 fully saturated rings. The van der Waals surface area contributed by atoms with Crippen LogP contribution in [0.1, 0.15) is 32.8 Å². The van der Waals surface area contributed by atoms with Gasteiger partial charge in [-0.1, -0.05) is 23.7 Å². The molecule has 0 atom stereocenters. The van der Waals surface area contributed by atoms with Gasteiger partial charge in [-0.15, -0.1) is 22.9 Å². The second-order valence-corrected chi connectivity index (χ2v) is 6.83. The Morgan fingerprint density at radius 1 is 1.23 bits per heavy atom. The number of rotatable bonds is 4. The maximum absolute atomic E-state index is 12.9. The molecule has 6 heteroatoms. The van der Waals surface area contributed by atoms with Crippen molar-refractivity contribution >= 4 is 51.2 Å². The van der Waals surface area contributed by atoms with Crippen molar-refractivity contribution in [3.63, 3.8) is 0 Å². The summed E-state index contributed by atoms with van der Waals surface area (Å²) >= 11 is 13.2. The number of alkyl halides is 1.